The first-order valence-electron chi connectivity index (χ1n) is 10.3. The van der Waals surface area contributed by atoms with E-state index in [1.807, 2.05) is 42.5 Å². The third-order valence-electron chi connectivity index (χ3n) is 5.67. The van der Waals surface area contributed by atoms with Crippen LogP contribution >= 0.6 is 0 Å². The van der Waals surface area contributed by atoms with E-state index < -0.39 is 0 Å². The van der Waals surface area contributed by atoms with Crippen molar-refractivity contribution in [3.63, 3.8) is 0 Å². The second kappa shape index (κ2) is 8.88. The number of phenolic OH excluding ortho intramolecular Hbond substituents is 1. The van der Waals surface area contributed by atoms with Gasteiger partial charge in [0, 0.05) is 11.8 Å². The first-order chi connectivity index (χ1) is 13.8. The van der Waals surface area contributed by atoms with Gasteiger partial charge in [-0.3, -0.25) is 4.99 Å². The standard InChI is InChI=1S/C26H27NO/c28-26-23(16-20-10-4-1-5-11-20)17-22(21-12-6-2-7-13-21)18-24(26)19-27-25-14-8-3-9-15-25/h2-3,6-9,12-15,17-20,28H,1,4-5,10-11,16H2. The molecule has 1 N–H and O–H groups in total. The fourth-order valence-corrected chi connectivity index (χ4v) is 4.13. The van der Waals surface area contributed by atoms with Crippen molar-refractivity contribution in [1.82, 2.24) is 0 Å². The van der Waals surface area contributed by atoms with Crippen molar-refractivity contribution in [2.24, 2.45) is 10.9 Å². The van der Waals surface area contributed by atoms with Gasteiger partial charge in [-0.05, 0) is 53.3 Å². The summed E-state index contributed by atoms with van der Waals surface area (Å²) in [5.74, 6) is 1.05. The molecule has 2 heteroatoms. The highest BCUT2D eigenvalue weighted by atomic mass is 16.3. The van der Waals surface area contributed by atoms with Gasteiger partial charge in [-0.1, -0.05) is 80.6 Å². The number of hydrogen-bond donors (Lipinski definition) is 1. The largest absolute Gasteiger partial charge is 0.507 e. The van der Waals surface area contributed by atoms with Gasteiger partial charge in [-0.2, -0.15) is 0 Å². The maximum Gasteiger partial charge on any atom is 0.127 e. The molecule has 0 aromatic heterocycles. The fourth-order valence-electron chi connectivity index (χ4n) is 4.13. The molecule has 0 radical (unpaired) electrons. The molecule has 0 bridgehead atoms. The van der Waals surface area contributed by atoms with E-state index in [-0.39, 0.29) is 0 Å². The van der Waals surface area contributed by atoms with Crippen LogP contribution in [0.5, 0.6) is 5.75 Å². The topological polar surface area (TPSA) is 32.6 Å². The quantitative estimate of drug-likeness (QED) is 0.486. The lowest BCUT2D eigenvalue weighted by molar-refractivity contribution is 0.351. The van der Waals surface area contributed by atoms with Gasteiger partial charge in [-0.15, -0.1) is 0 Å². The Bertz CT molecular complexity index is 925. The highest BCUT2D eigenvalue weighted by Gasteiger charge is 2.18. The first-order valence-corrected chi connectivity index (χ1v) is 10.3. The number of para-hydroxylation sites is 1. The van der Waals surface area contributed by atoms with E-state index in [9.17, 15) is 5.11 Å². The van der Waals surface area contributed by atoms with Gasteiger partial charge in [0.1, 0.15) is 5.75 Å². The van der Waals surface area contributed by atoms with Crippen molar-refractivity contribution in [2.75, 3.05) is 0 Å². The van der Waals surface area contributed by atoms with Crippen LogP contribution in [-0.4, -0.2) is 11.3 Å². The van der Waals surface area contributed by atoms with Crippen LogP contribution in [0.1, 0.15) is 43.2 Å². The normalized spacial score (nSPS) is 15.1. The van der Waals surface area contributed by atoms with Crippen LogP contribution in [-0.2, 0) is 6.42 Å². The zero-order valence-corrected chi connectivity index (χ0v) is 16.2. The molecule has 0 saturated heterocycles. The van der Waals surface area contributed by atoms with Crippen LogP contribution in [0.3, 0.4) is 0 Å². The summed E-state index contributed by atoms with van der Waals surface area (Å²) in [6.07, 6.45) is 9.24. The second-order valence-corrected chi connectivity index (χ2v) is 7.74. The molecule has 0 spiro atoms. The smallest absolute Gasteiger partial charge is 0.127 e. The zero-order valence-electron chi connectivity index (χ0n) is 16.2. The molecule has 1 aliphatic rings. The predicted octanol–water partition coefficient (Wildman–Crippen LogP) is 6.93. The minimum atomic E-state index is 0.380. The van der Waals surface area contributed by atoms with E-state index >= 15 is 0 Å². The monoisotopic (exact) mass is 369 g/mol. The third kappa shape index (κ3) is 4.51. The summed E-state index contributed by atoms with van der Waals surface area (Å²) in [7, 11) is 0. The summed E-state index contributed by atoms with van der Waals surface area (Å²) >= 11 is 0. The van der Waals surface area contributed by atoms with Gasteiger partial charge >= 0.3 is 0 Å². The Morgan fingerprint density at radius 1 is 0.821 bits per heavy atom. The van der Waals surface area contributed by atoms with Crippen LogP contribution in [0.15, 0.2) is 77.8 Å². The van der Waals surface area contributed by atoms with Gasteiger partial charge in [0.15, 0.2) is 0 Å². The highest BCUT2D eigenvalue weighted by molar-refractivity contribution is 5.88. The van der Waals surface area contributed by atoms with Crippen LogP contribution < -0.4 is 0 Å². The lowest BCUT2D eigenvalue weighted by Crippen LogP contribution is -2.10. The van der Waals surface area contributed by atoms with Gasteiger partial charge in [0.05, 0.1) is 5.69 Å². The zero-order chi connectivity index (χ0) is 19.2. The number of hydrogen-bond acceptors (Lipinski definition) is 2. The molecular weight excluding hydrogens is 342 g/mol. The molecule has 0 atom stereocenters. The van der Waals surface area contributed by atoms with Crippen LogP contribution in [0.2, 0.25) is 0 Å². The Hall–Kier alpha value is -2.87. The molecule has 142 valence electrons. The molecule has 0 aliphatic heterocycles. The molecule has 0 unspecified atom stereocenters. The second-order valence-electron chi connectivity index (χ2n) is 7.74. The third-order valence-corrected chi connectivity index (χ3v) is 5.67. The Labute approximate surface area is 167 Å². The number of aromatic hydroxyl groups is 1. The summed E-state index contributed by atoms with van der Waals surface area (Å²) in [5, 5.41) is 11.0. The predicted molar refractivity (Wildman–Crippen MR) is 118 cm³/mol. The van der Waals surface area contributed by atoms with Crippen molar-refractivity contribution in [2.45, 2.75) is 38.5 Å². The average Bonchev–Trinajstić information content (AvgIpc) is 2.76. The summed E-state index contributed by atoms with van der Waals surface area (Å²) < 4.78 is 0. The lowest BCUT2D eigenvalue weighted by atomic mass is 9.83. The molecule has 1 aliphatic carbocycles. The fraction of sp³-hybridized carbons (Fsp3) is 0.269. The average molecular weight is 370 g/mol. The van der Waals surface area contributed by atoms with Crippen LogP contribution in [0.4, 0.5) is 5.69 Å². The summed E-state index contributed by atoms with van der Waals surface area (Å²) in [6.45, 7) is 0. The highest BCUT2D eigenvalue weighted by Crippen LogP contribution is 2.34. The maximum absolute atomic E-state index is 11.0. The number of aliphatic imine (C=N–C) groups is 1. The Morgan fingerprint density at radius 2 is 1.50 bits per heavy atom. The minimum Gasteiger partial charge on any atom is -0.507 e. The number of rotatable bonds is 5. The van der Waals surface area contributed by atoms with E-state index in [1.54, 1.807) is 6.21 Å². The van der Waals surface area contributed by atoms with Gasteiger partial charge in [0.2, 0.25) is 0 Å². The van der Waals surface area contributed by atoms with Crippen molar-refractivity contribution in [3.8, 4) is 16.9 Å². The molecule has 0 amide bonds. The van der Waals surface area contributed by atoms with E-state index in [0.717, 1.165) is 28.8 Å². The Morgan fingerprint density at radius 3 is 2.21 bits per heavy atom. The SMILES string of the molecule is Oc1c(C=Nc2ccccc2)cc(-c2ccccc2)cc1CC1CCCCC1. The van der Waals surface area contributed by atoms with Crippen LogP contribution in [0, 0.1) is 5.92 Å². The van der Waals surface area contributed by atoms with Crippen molar-refractivity contribution in [1.29, 1.82) is 0 Å². The van der Waals surface area contributed by atoms with Gasteiger partial charge in [-0.25, -0.2) is 0 Å². The molecule has 1 fully saturated rings. The van der Waals surface area contributed by atoms with E-state index in [4.69, 9.17) is 0 Å². The van der Waals surface area contributed by atoms with E-state index in [1.165, 1.54) is 37.7 Å². The molecule has 0 heterocycles. The lowest BCUT2D eigenvalue weighted by Gasteiger charge is -2.22. The maximum atomic E-state index is 11.0. The van der Waals surface area contributed by atoms with Crippen molar-refractivity contribution >= 4 is 11.9 Å². The first kappa shape index (κ1) is 18.5. The molecule has 2 nitrogen and oxygen atoms in total. The molecule has 4 rings (SSSR count). The summed E-state index contributed by atoms with van der Waals surface area (Å²) in [6, 6.07) is 24.5. The minimum absolute atomic E-state index is 0.380. The van der Waals surface area contributed by atoms with Crippen LogP contribution in [0.25, 0.3) is 11.1 Å². The molecular formula is C26H27NO. The van der Waals surface area contributed by atoms with Crippen molar-refractivity contribution in [3.05, 3.63) is 83.9 Å². The number of phenols is 1. The summed E-state index contributed by atoms with van der Waals surface area (Å²) in [5.41, 5.74) is 5.03. The molecule has 3 aromatic carbocycles. The molecule has 1 saturated carbocycles. The molecule has 28 heavy (non-hydrogen) atoms. The Kier molecular flexibility index (Phi) is 5.86. The molecule has 3 aromatic rings. The number of benzene rings is 3. The van der Waals surface area contributed by atoms with Gasteiger partial charge < -0.3 is 5.11 Å². The van der Waals surface area contributed by atoms with E-state index in [2.05, 4.69) is 35.3 Å². The summed E-state index contributed by atoms with van der Waals surface area (Å²) in [4.78, 5) is 4.58. The number of nitrogens with zero attached hydrogens (tertiary/aromatic N) is 1. The van der Waals surface area contributed by atoms with E-state index in [0.29, 0.717) is 11.7 Å². The van der Waals surface area contributed by atoms with Crippen molar-refractivity contribution < 1.29 is 5.11 Å². The van der Waals surface area contributed by atoms with Gasteiger partial charge in [0.25, 0.3) is 0 Å². The Balaban J connectivity index is 1.71.